The zero-order chi connectivity index (χ0) is 12.8. The van der Waals surface area contributed by atoms with Gasteiger partial charge in [0, 0.05) is 5.92 Å². The molecule has 1 heteroatoms. The second kappa shape index (κ2) is 6.36. The summed E-state index contributed by atoms with van der Waals surface area (Å²) in [5, 5.41) is 10.4. The Bertz CT molecular complexity index is 450. The molecule has 1 nitrogen and oxygen atoms in total. The lowest BCUT2D eigenvalue weighted by Crippen LogP contribution is -2.20. The molecule has 94 valence electrons. The molecule has 0 spiro atoms. The first kappa shape index (κ1) is 12.8. The van der Waals surface area contributed by atoms with Gasteiger partial charge in [0.05, 0.1) is 6.10 Å². The quantitative estimate of drug-likeness (QED) is 0.843. The molecule has 0 fully saturated rings. The van der Waals surface area contributed by atoms with Crippen molar-refractivity contribution in [3.05, 3.63) is 71.8 Å². The highest BCUT2D eigenvalue weighted by Gasteiger charge is 2.19. The van der Waals surface area contributed by atoms with Gasteiger partial charge in [-0.05, 0) is 24.0 Å². The lowest BCUT2D eigenvalue weighted by atomic mass is 9.88. The van der Waals surface area contributed by atoms with E-state index < -0.39 is 0 Å². The third-order valence-corrected chi connectivity index (χ3v) is 3.42. The first-order valence-corrected chi connectivity index (χ1v) is 6.58. The summed E-state index contributed by atoms with van der Waals surface area (Å²) in [5.41, 5.74) is 2.42. The molecule has 1 N–H and O–H groups in total. The van der Waals surface area contributed by atoms with Crippen molar-refractivity contribution in [2.75, 3.05) is 0 Å². The number of aliphatic hydroxyl groups is 1. The van der Waals surface area contributed by atoms with Crippen LogP contribution in [0.2, 0.25) is 0 Å². The van der Waals surface area contributed by atoms with Crippen molar-refractivity contribution in [1.29, 1.82) is 0 Å². The molecule has 0 radical (unpaired) electrons. The lowest BCUT2D eigenvalue weighted by molar-refractivity contribution is 0.141. The van der Waals surface area contributed by atoms with Gasteiger partial charge in [0.2, 0.25) is 0 Å². The summed E-state index contributed by atoms with van der Waals surface area (Å²) >= 11 is 0. The third kappa shape index (κ3) is 3.21. The molecule has 2 unspecified atom stereocenters. The summed E-state index contributed by atoms with van der Waals surface area (Å²) in [5.74, 6) is 0.214. The summed E-state index contributed by atoms with van der Waals surface area (Å²) in [6.45, 7) is 2.13. The Kier molecular flexibility index (Phi) is 4.54. The van der Waals surface area contributed by atoms with E-state index in [0.29, 0.717) is 6.42 Å². The molecule has 18 heavy (non-hydrogen) atoms. The molecule has 2 aromatic carbocycles. The summed E-state index contributed by atoms with van der Waals surface area (Å²) in [6.07, 6.45) is 1.35. The van der Waals surface area contributed by atoms with Gasteiger partial charge in [-0.2, -0.15) is 0 Å². The van der Waals surface area contributed by atoms with Crippen LogP contribution in [0, 0.1) is 0 Å². The first-order chi connectivity index (χ1) is 8.81. The Morgan fingerprint density at radius 3 is 2.00 bits per heavy atom. The van der Waals surface area contributed by atoms with Crippen molar-refractivity contribution in [2.45, 2.75) is 31.8 Å². The molecule has 0 aromatic heterocycles. The molecule has 2 aromatic rings. The second-order valence-corrected chi connectivity index (χ2v) is 4.68. The van der Waals surface area contributed by atoms with Crippen molar-refractivity contribution in [3.8, 4) is 0 Å². The Morgan fingerprint density at radius 1 is 0.889 bits per heavy atom. The second-order valence-electron chi connectivity index (χ2n) is 4.68. The first-order valence-electron chi connectivity index (χ1n) is 6.58. The topological polar surface area (TPSA) is 20.2 Å². The fourth-order valence-electron chi connectivity index (χ4n) is 2.43. The van der Waals surface area contributed by atoms with E-state index >= 15 is 0 Å². The van der Waals surface area contributed by atoms with E-state index in [1.54, 1.807) is 0 Å². The van der Waals surface area contributed by atoms with Crippen LogP contribution in [0.4, 0.5) is 0 Å². The van der Waals surface area contributed by atoms with E-state index in [1.807, 2.05) is 36.4 Å². The van der Waals surface area contributed by atoms with Crippen molar-refractivity contribution in [2.24, 2.45) is 0 Å². The van der Waals surface area contributed by atoms with Crippen LogP contribution in [0.3, 0.4) is 0 Å². The van der Waals surface area contributed by atoms with Crippen molar-refractivity contribution in [3.63, 3.8) is 0 Å². The van der Waals surface area contributed by atoms with Crippen molar-refractivity contribution < 1.29 is 5.11 Å². The highest BCUT2D eigenvalue weighted by Crippen LogP contribution is 2.25. The van der Waals surface area contributed by atoms with E-state index in [-0.39, 0.29) is 12.0 Å². The van der Waals surface area contributed by atoms with Crippen molar-refractivity contribution >= 4 is 0 Å². The van der Waals surface area contributed by atoms with Gasteiger partial charge in [-0.3, -0.25) is 0 Å². The maximum Gasteiger partial charge on any atom is 0.0648 e. The number of hydrogen-bond donors (Lipinski definition) is 1. The third-order valence-electron chi connectivity index (χ3n) is 3.42. The Balaban J connectivity index is 2.09. The normalized spacial score (nSPS) is 14.1. The van der Waals surface area contributed by atoms with E-state index in [9.17, 15) is 5.11 Å². The van der Waals surface area contributed by atoms with Crippen LogP contribution in [0.5, 0.6) is 0 Å². The summed E-state index contributed by atoms with van der Waals surface area (Å²) < 4.78 is 0. The van der Waals surface area contributed by atoms with Gasteiger partial charge in [-0.1, -0.05) is 67.6 Å². The minimum absolute atomic E-state index is 0.214. The van der Waals surface area contributed by atoms with E-state index in [2.05, 4.69) is 31.2 Å². The SMILES string of the molecule is CCC(c1ccccc1)C(O)Cc1ccccc1. The molecule has 0 aliphatic heterocycles. The van der Waals surface area contributed by atoms with Crippen LogP contribution in [0.15, 0.2) is 60.7 Å². The molecule has 0 saturated carbocycles. The number of rotatable bonds is 5. The molecule has 0 aliphatic rings. The summed E-state index contributed by atoms with van der Waals surface area (Å²) in [4.78, 5) is 0. The van der Waals surface area contributed by atoms with Gasteiger partial charge in [0.15, 0.2) is 0 Å². The molecular formula is C17H20O. The van der Waals surface area contributed by atoms with Gasteiger partial charge in [0.1, 0.15) is 0 Å². The molecule has 0 heterocycles. The molecule has 0 saturated heterocycles. The molecule has 2 atom stereocenters. The predicted octanol–water partition coefficient (Wildman–Crippen LogP) is 3.78. The summed E-state index contributed by atoms with van der Waals surface area (Å²) in [7, 11) is 0. The van der Waals surface area contributed by atoms with E-state index in [4.69, 9.17) is 0 Å². The van der Waals surface area contributed by atoms with E-state index in [0.717, 1.165) is 6.42 Å². The fourth-order valence-corrected chi connectivity index (χ4v) is 2.43. The van der Waals surface area contributed by atoms with Crippen LogP contribution >= 0.6 is 0 Å². The van der Waals surface area contributed by atoms with Crippen LogP contribution in [0.25, 0.3) is 0 Å². The Morgan fingerprint density at radius 2 is 1.44 bits per heavy atom. The largest absolute Gasteiger partial charge is 0.392 e. The van der Waals surface area contributed by atoms with Crippen LogP contribution < -0.4 is 0 Å². The minimum atomic E-state index is -0.320. The number of hydrogen-bond acceptors (Lipinski definition) is 1. The van der Waals surface area contributed by atoms with Gasteiger partial charge >= 0.3 is 0 Å². The smallest absolute Gasteiger partial charge is 0.0648 e. The average Bonchev–Trinajstić information content (AvgIpc) is 2.42. The molecular weight excluding hydrogens is 220 g/mol. The Labute approximate surface area is 109 Å². The van der Waals surface area contributed by atoms with Crippen LogP contribution in [-0.2, 0) is 6.42 Å². The molecule has 0 bridgehead atoms. The van der Waals surface area contributed by atoms with Gasteiger partial charge < -0.3 is 5.11 Å². The molecule has 2 rings (SSSR count). The molecule has 0 amide bonds. The summed E-state index contributed by atoms with van der Waals surface area (Å²) in [6, 6.07) is 20.5. The highest BCUT2D eigenvalue weighted by molar-refractivity contribution is 5.22. The van der Waals surface area contributed by atoms with Crippen LogP contribution in [0.1, 0.15) is 30.4 Å². The maximum absolute atomic E-state index is 10.4. The maximum atomic E-state index is 10.4. The zero-order valence-electron chi connectivity index (χ0n) is 10.8. The monoisotopic (exact) mass is 240 g/mol. The fraction of sp³-hybridized carbons (Fsp3) is 0.294. The van der Waals surface area contributed by atoms with Gasteiger partial charge in [-0.15, -0.1) is 0 Å². The number of benzene rings is 2. The Hall–Kier alpha value is -1.60. The predicted molar refractivity (Wildman–Crippen MR) is 75.6 cm³/mol. The van der Waals surface area contributed by atoms with E-state index in [1.165, 1.54) is 11.1 Å². The van der Waals surface area contributed by atoms with Gasteiger partial charge in [-0.25, -0.2) is 0 Å². The standard InChI is InChI=1S/C17H20O/c1-2-16(15-11-7-4-8-12-15)17(18)13-14-9-5-3-6-10-14/h3-12,16-18H,2,13H2,1H3. The van der Waals surface area contributed by atoms with Gasteiger partial charge in [0.25, 0.3) is 0 Å². The lowest BCUT2D eigenvalue weighted by Gasteiger charge is -2.22. The zero-order valence-corrected chi connectivity index (χ0v) is 10.8. The van der Waals surface area contributed by atoms with Crippen LogP contribution in [-0.4, -0.2) is 11.2 Å². The average molecular weight is 240 g/mol. The molecule has 0 aliphatic carbocycles. The van der Waals surface area contributed by atoms with Crippen molar-refractivity contribution in [1.82, 2.24) is 0 Å². The minimum Gasteiger partial charge on any atom is -0.392 e. The highest BCUT2D eigenvalue weighted by atomic mass is 16.3. The number of aliphatic hydroxyl groups excluding tert-OH is 1.